The summed E-state index contributed by atoms with van der Waals surface area (Å²) in [5.74, 6) is -0.892. The van der Waals surface area contributed by atoms with E-state index in [0.717, 1.165) is 103 Å². The number of carbonyl (C=O) groups is 3. The molecule has 0 aromatic heterocycles. The molecule has 0 N–H and O–H groups in total. The second-order valence-electron chi connectivity index (χ2n) is 22.0. The molecule has 0 aromatic carbocycles. The highest BCUT2D eigenvalue weighted by molar-refractivity contribution is 5.71. The fraction of sp³-hybridized carbons (Fsp3) is 0.786. The molecule has 440 valence electrons. The van der Waals surface area contributed by atoms with Crippen molar-refractivity contribution >= 4 is 17.9 Å². The Morgan fingerprint density at radius 2 is 0.487 bits per heavy atom. The highest BCUT2D eigenvalue weighted by Crippen LogP contribution is 2.17. The summed E-state index contributed by atoms with van der Waals surface area (Å²) in [4.78, 5) is 38.2. The summed E-state index contributed by atoms with van der Waals surface area (Å²) in [5, 5.41) is 0. The number of hydrogen-bond donors (Lipinski definition) is 0. The third-order valence-corrected chi connectivity index (χ3v) is 14.4. The summed E-state index contributed by atoms with van der Waals surface area (Å²) in [6.45, 7) is 6.58. The minimum absolute atomic E-state index is 0.0814. The quantitative estimate of drug-likeness (QED) is 0.0261. The van der Waals surface area contributed by atoms with Gasteiger partial charge in [-0.15, -0.1) is 0 Å². The summed E-state index contributed by atoms with van der Waals surface area (Å²) >= 11 is 0. The number of carbonyl (C=O) groups excluding carboxylic acids is 3. The average molecular weight is 1060 g/mol. The van der Waals surface area contributed by atoms with E-state index in [1.807, 2.05) is 0 Å². The van der Waals surface area contributed by atoms with E-state index in [0.29, 0.717) is 19.3 Å². The second kappa shape index (κ2) is 64.4. The van der Waals surface area contributed by atoms with E-state index in [1.165, 1.54) is 193 Å². The summed E-state index contributed by atoms with van der Waals surface area (Å²) in [6, 6.07) is 0. The van der Waals surface area contributed by atoms with Crippen LogP contribution in [0, 0.1) is 0 Å². The van der Waals surface area contributed by atoms with Gasteiger partial charge in [-0.2, -0.15) is 0 Å². The number of hydrogen-bond acceptors (Lipinski definition) is 6. The smallest absolute Gasteiger partial charge is 0.306 e. The Labute approximate surface area is 472 Å². The summed E-state index contributed by atoms with van der Waals surface area (Å²) in [5.41, 5.74) is 0. The van der Waals surface area contributed by atoms with Crippen LogP contribution in [0.3, 0.4) is 0 Å². The Kier molecular flexibility index (Phi) is 61.7. The van der Waals surface area contributed by atoms with Gasteiger partial charge < -0.3 is 14.2 Å². The Hall–Kier alpha value is -3.15. The summed E-state index contributed by atoms with van der Waals surface area (Å²) < 4.78 is 16.9. The maximum absolute atomic E-state index is 12.9. The first kappa shape index (κ1) is 72.8. The van der Waals surface area contributed by atoms with Crippen LogP contribution in [-0.4, -0.2) is 37.2 Å². The molecule has 0 amide bonds. The van der Waals surface area contributed by atoms with Crippen LogP contribution in [0.25, 0.3) is 0 Å². The number of ether oxygens (including phenoxy) is 3. The molecule has 6 nitrogen and oxygen atoms in total. The van der Waals surface area contributed by atoms with Crippen molar-refractivity contribution < 1.29 is 28.6 Å². The van der Waals surface area contributed by atoms with Crippen LogP contribution < -0.4 is 0 Å². The Balaban J connectivity index is 4.17. The molecular weight excluding hydrogens is 937 g/mol. The van der Waals surface area contributed by atoms with E-state index in [9.17, 15) is 14.4 Å². The van der Waals surface area contributed by atoms with Gasteiger partial charge in [0.1, 0.15) is 13.2 Å². The van der Waals surface area contributed by atoms with Crippen LogP contribution in [-0.2, 0) is 28.6 Å². The molecular formula is C70H124O6. The van der Waals surface area contributed by atoms with Crippen molar-refractivity contribution in [3.63, 3.8) is 0 Å². The van der Waals surface area contributed by atoms with Gasteiger partial charge in [-0.05, 0) is 109 Å². The molecule has 0 aromatic rings. The molecule has 0 heterocycles. The molecule has 0 saturated carbocycles. The van der Waals surface area contributed by atoms with Gasteiger partial charge >= 0.3 is 17.9 Å². The van der Waals surface area contributed by atoms with Crippen molar-refractivity contribution in [1.82, 2.24) is 0 Å². The SMILES string of the molecule is CCCC/C=C\C/C=C\CCCCCCCC(=O)OC(COC(=O)CCCCCCC/C=C\CCCCCC)COC(=O)CCCCCCCCCCCCCCCCCC/C=C\C/C=C\C/C=C\CCCCCCC. The van der Waals surface area contributed by atoms with Crippen LogP contribution in [0.5, 0.6) is 0 Å². The molecule has 0 spiro atoms. The zero-order valence-electron chi connectivity index (χ0n) is 50.5. The van der Waals surface area contributed by atoms with Crippen molar-refractivity contribution in [2.24, 2.45) is 0 Å². The van der Waals surface area contributed by atoms with Crippen LogP contribution in [0.2, 0.25) is 0 Å². The van der Waals surface area contributed by atoms with Crippen LogP contribution >= 0.6 is 0 Å². The maximum atomic E-state index is 12.9. The number of unbranched alkanes of at least 4 members (excludes halogenated alkanes) is 37. The summed E-state index contributed by atoms with van der Waals surface area (Å²) in [7, 11) is 0. The van der Waals surface area contributed by atoms with E-state index >= 15 is 0 Å². The Morgan fingerprint density at radius 1 is 0.263 bits per heavy atom. The van der Waals surface area contributed by atoms with Crippen LogP contribution in [0.15, 0.2) is 72.9 Å². The molecule has 0 bridgehead atoms. The Morgan fingerprint density at radius 3 is 0.803 bits per heavy atom. The lowest BCUT2D eigenvalue weighted by molar-refractivity contribution is -0.167. The molecule has 0 fully saturated rings. The van der Waals surface area contributed by atoms with Gasteiger partial charge in [0.25, 0.3) is 0 Å². The van der Waals surface area contributed by atoms with Gasteiger partial charge in [-0.3, -0.25) is 14.4 Å². The first-order chi connectivity index (χ1) is 37.5. The average Bonchev–Trinajstić information content (AvgIpc) is 3.42. The monoisotopic (exact) mass is 1060 g/mol. The minimum Gasteiger partial charge on any atom is -0.462 e. The van der Waals surface area contributed by atoms with E-state index in [-0.39, 0.29) is 31.1 Å². The first-order valence-corrected chi connectivity index (χ1v) is 32.9. The van der Waals surface area contributed by atoms with E-state index in [4.69, 9.17) is 14.2 Å². The molecule has 0 aliphatic rings. The van der Waals surface area contributed by atoms with Crippen LogP contribution in [0.4, 0.5) is 0 Å². The zero-order valence-corrected chi connectivity index (χ0v) is 50.5. The largest absolute Gasteiger partial charge is 0.462 e. The van der Waals surface area contributed by atoms with E-state index in [1.54, 1.807) is 0 Å². The highest BCUT2D eigenvalue weighted by atomic mass is 16.6. The molecule has 0 aliphatic carbocycles. The molecule has 6 heteroatoms. The first-order valence-electron chi connectivity index (χ1n) is 32.9. The van der Waals surface area contributed by atoms with Gasteiger partial charge in [0.05, 0.1) is 0 Å². The number of rotatable bonds is 60. The van der Waals surface area contributed by atoms with Crippen LogP contribution in [0.1, 0.15) is 335 Å². The molecule has 0 saturated heterocycles. The van der Waals surface area contributed by atoms with Gasteiger partial charge in [0.2, 0.25) is 0 Å². The van der Waals surface area contributed by atoms with Gasteiger partial charge in [-0.25, -0.2) is 0 Å². The fourth-order valence-corrected chi connectivity index (χ4v) is 9.40. The lowest BCUT2D eigenvalue weighted by atomic mass is 10.0. The maximum Gasteiger partial charge on any atom is 0.306 e. The standard InChI is InChI=1S/C70H124O6/c1-4-7-10-13-16-19-22-25-27-28-29-30-31-32-33-34-35-36-37-38-39-40-41-42-43-46-48-51-54-57-60-63-69(72)75-66-67(65-74-68(71)62-59-56-53-50-47-44-24-21-18-15-12-9-6-3)76-70(73)64-61-58-55-52-49-45-26-23-20-17-14-11-8-5-2/h14,17,21-26,28-29,31-32,67H,4-13,15-16,18-20,27,30,33-66H2,1-3H3/b17-14-,24-21-,25-22-,26-23-,29-28-,32-31-. The van der Waals surface area contributed by atoms with E-state index < -0.39 is 6.10 Å². The molecule has 1 unspecified atom stereocenters. The van der Waals surface area contributed by atoms with Gasteiger partial charge in [0, 0.05) is 19.3 Å². The predicted octanol–water partition coefficient (Wildman–Crippen LogP) is 22.5. The van der Waals surface area contributed by atoms with Crippen molar-refractivity contribution in [1.29, 1.82) is 0 Å². The van der Waals surface area contributed by atoms with Crippen molar-refractivity contribution in [2.45, 2.75) is 341 Å². The second-order valence-corrected chi connectivity index (χ2v) is 22.0. The zero-order chi connectivity index (χ0) is 55.0. The van der Waals surface area contributed by atoms with Crippen molar-refractivity contribution in [2.75, 3.05) is 13.2 Å². The lowest BCUT2D eigenvalue weighted by Crippen LogP contribution is -2.30. The number of esters is 3. The Bertz CT molecular complexity index is 1400. The molecule has 0 radical (unpaired) electrons. The minimum atomic E-state index is -0.785. The lowest BCUT2D eigenvalue weighted by Gasteiger charge is -2.18. The summed E-state index contributed by atoms with van der Waals surface area (Å²) in [6.07, 6.45) is 83.5. The third kappa shape index (κ3) is 61.7. The number of allylic oxidation sites excluding steroid dienone is 12. The topological polar surface area (TPSA) is 78.9 Å². The fourth-order valence-electron chi connectivity index (χ4n) is 9.40. The predicted molar refractivity (Wildman–Crippen MR) is 330 cm³/mol. The van der Waals surface area contributed by atoms with Crippen molar-refractivity contribution in [3.8, 4) is 0 Å². The molecule has 0 aliphatic heterocycles. The van der Waals surface area contributed by atoms with Gasteiger partial charge in [0.15, 0.2) is 6.10 Å². The highest BCUT2D eigenvalue weighted by Gasteiger charge is 2.19. The molecule has 76 heavy (non-hydrogen) atoms. The normalized spacial score (nSPS) is 12.5. The molecule has 0 rings (SSSR count). The molecule has 1 atom stereocenters. The third-order valence-electron chi connectivity index (χ3n) is 14.4. The van der Waals surface area contributed by atoms with Gasteiger partial charge in [-0.1, -0.05) is 280 Å². The van der Waals surface area contributed by atoms with E-state index in [2.05, 4.69) is 93.7 Å². The van der Waals surface area contributed by atoms with Crippen molar-refractivity contribution in [3.05, 3.63) is 72.9 Å².